The van der Waals surface area contributed by atoms with Crippen LogP contribution >= 0.6 is 0 Å². The Morgan fingerprint density at radius 3 is 2.55 bits per heavy atom. The number of nitrogens with one attached hydrogen (secondary N) is 1. The van der Waals surface area contributed by atoms with E-state index in [1.165, 1.54) is 18.2 Å². The van der Waals surface area contributed by atoms with Crippen molar-refractivity contribution in [2.45, 2.75) is 13.0 Å². The van der Waals surface area contributed by atoms with E-state index < -0.39 is 29.5 Å². The number of benzene rings is 1. The first-order valence-electron chi connectivity index (χ1n) is 5.86. The summed E-state index contributed by atoms with van der Waals surface area (Å²) in [5.74, 6) is -3.31. The Morgan fingerprint density at radius 2 is 1.90 bits per heavy atom. The van der Waals surface area contributed by atoms with Gasteiger partial charge in [-0.1, -0.05) is 12.1 Å². The Labute approximate surface area is 113 Å². The molecule has 1 N–H and O–H groups in total. The largest absolute Gasteiger partial charge is 0.344 e. The van der Waals surface area contributed by atoms with Gasteiger partial charge in [0.15, 0.2) is 11.6 Å². The van der Waals surface area contributed by atoms with E-state index in [-0.39, 0.29) is 5.69 Å². The van der Waals surface area contributed by atoms with Gasteiger partial charge in [0, 0.05) is 0 Å². The summed E-state index contributed by atoms with van der Waals surface area (Å²) in [6.07, 6.45) is 0. The van der Waals surface area contributed by atoms with Gasteiger partial charge in [-0.2, -0.15) is 4.39 Å². The van der Waals surface area contributed by atoms with E-state index in [1.807, 2.05) is 0 Å². The van der Waals surface area contributed by atoms with Crippen LogP contribution in [0.5, 0.6) is 0 Å². The van der Waals surface area contributed by atoms with Gasteiger partial charge in [-0.3, -0.25) is 4.79 Å². The summed E-state index contributed by atoms with van der Waals surface area (Å²) in [4.78, 5) is 15.3. The van der Waals surface area contributed by atoms with Crippen LogP contribution in [0.15, 0.2) is 36.4 Å². The second kappa shape index (κ2) is 5.73. The van der Waals surface area contributed by atoms with Crippen LogP contribution in [0.1, 0.15) is 29.0 Å². The summed E-state index contributed by atoms with van der Waals surface area (Å²) in [5, 5.41) is 2.53. The molecule has 0 radical (unpaired) electrons. The highest BCUT2D eigenvalue weighted by Gasteiger charge is 2.14. The number of carbonyl (C=O) groups excluding carboxylic acids is 1. The van der Waals surface area contributed by atoms with Crippen LogP contribution in [-0.2, 0) is 0 Å². The van der Waals surface area contributed by atoms with Crippen molar-refractivity contribution in [3.63, 3.8) is 0 Å². The zero-order chi connectivity index (χ0) is 14.7. The van der Waals surface area contributed by atoms with Gasteiger partial charge in [-0.25, -0.2) is 13.8 Å². The zero-order valence-corrected chi connectivity index (χ0v) is 10.5. The van der Waals surface area contributed by atoms with Gasteiger partial charge in [0.25, 0.3) is 5.91 Å². The third-order valence-corrected chi connectivity index (χ3v) is 2.74. The maximum absolute atomic E-state index is 13.1. The molecule has 0 saturated carbocycles. The van der Waals surface area contributed by atoms with Crippen LogP contribution in [0.4, 0.5) is 13.2 Å². The van der Waals surface area contributed by atoms with Gasteiger partial charge in [-0.05, 0) is 36.8 Å². The zero-order valence-electron chi connectivity index (χ0n) is 10.5. The van der Waals surface area contributed by atoms with Gasteiger partial charge >= 0.3 is 0 Å². The van der Waals surface area contributed by atoms with Crippen molar-refractivity contribution < 1.29 is 18.0 Å². The molecular formula is C14H11F3N2O. The van der Waals surface area contributed by atoms with Crippen LogP contribution in [0.3, 0.4) is 0 Å². The van der Waals surface area contributed by atoms with Gasteiger partial charge in [-0.15, -0.1) is 0 Å². The van der Waals surface area contributed by atoms with Crippen LogP contribution in [0.25, 0.3) is 0 Å². The SMILES string of the molecule is CC(NC(=O)c1cccc(F)n1)c1ccc(F)c(F)c1. The van der Waals surface area contributed by atoms with Crippen LogP contribution < -0.4 is 5.32 Å². The summed E-state index contributed by atoms with van der Waals surface area (Å²) in [7, 11) is 0. The summed E-state index contributed by atoms with van der Waals surface area (Å²) in [6.45, 7) is 1.60. The summed E-state index contributed by atoms with van der Waals surface area (Å²) < 4.78 is 38.8. The lowest BCUT2D eigenvalue weighted by Crippen LogP contribution is -2.27. The molecule has 2 rings (SSSR count). The van der Waals surface area contributed by atoms with Crippen molar-refractivity contribution in [2.24, 2.45) is 0 Å². The third kappa shape index (κ3) is 3.14. The molecule has 0 aliphatic carbocycles. The maximum Gasteiger partial charge on any atom is 0.270 e. The first-order valence-corrected chi connectivity index (χ1v) is 5.86. The standard InChI is InChI=1S/C14H11F3N2O/c1-8(9-5-6-10(15)11(16)7-9)18-14(20)12-3-2-4-13(17)19-12/h2-8H,1H3,(H,18,20). The molecule has 20 heavy (non-hydrogen) atoms. The Bertz CT molecular complexity index is 646. The second-order valence-electron chi connectivity index (χ2n) is 4.21. The lowest BCUT2D eigenvalue weighted by atomic mass is 10.1. The smallest absolute Gasteiger partial charge is 0.270 e. The molecule has 0 saturated heterocycles. The number of aromatic nitrogens is 1. The topological polar surface area (TPSA) is 42.0 Å². The molecule has 0 bridgehead atoms. The first kappa shape index (κ1) is 14.0. The van der Waals surface area contributed by atoms with Crippen molar-refractivity contribution in [2.75, 3.05) is 0 Å². The average molecular weight is 280 g/mol. The maximum atomic E-state index is 13.1. The molecule has 1 unspecified atom stereocenters. The highest BCUT2D eigenvalue weighted by Crippen LogP contribution is 2.16. The minimum absolute atomic E-state index is 0.0839. The Hall–Kier alpha value is -2.37. The minimum atomic E-state index is -0.993. The molecule has 6 heteroatoms. The normalized spacial score (nSPS) is 12.0. The van der Waals surface area contributed by atoms with Crippen LogP contribution in [0.2, 0.25) is 0 Å². The van der Waals surface area contributed by atoms with E-state index >= 15 is 0 Å². The van der Waals surface area contributed by atoms with Gasteiger partial charge < -0.3 is 5.32 Å². The fourth-order valence-corrected chi connectivity index (χ4v) is 1.67. The number of pyridine rings is 1. The number of rotatable bonds is 3. The van der Waals surface area contributed by atoms with Crippen molar-refractivity contribution in [1.82, 2.24) is 10.3 Å². The Balaban J connectivity index is 2.13. The lowest BCUT2D eigenvalue weighted by molar-refractivity contribution is 0.0933. The summed E-state index contributed by atoms with van der Waals surface area (Å²) in [5.41, 5.74) is 0.313. The molecule has 1 aromatic carbocycles. The summed E-state index contributed by atoms with van der Waals surface area (Å²) in [6, 6.07) is 6.61. The summed E-state index contributed by atoms with van der Waals surface area (Å²) >= 11 is 0. The molecule has 0 fully saturated rings. The second-order valence-corrected chi connectivity index (χ2v) is 4.21. The third-order valence-electron chi connectivity index (χ3n) is 2.74. The molecular weight excluding hydrogens is 269 g/mol. The number of amides is 1. The van der Waals surface area contributed by atoms with Crippen molar-refractivity contribution in [3.8, 4) is 0 Å². The fraction of sp³-hybridized carbons (Fsp3) is 0.143. The quantitative estimate of drug-likeness (QED) is 0.878. The van der Waals surface area contributed by atoms with E-state index in [2.05, 4.69) is 10.3 Å². The molecule has 0 aliphatic rings. The molecule has 1 heterocycles. The Morgan fingerprint density at radius 1 is 1.15 bits per heavy atom. The number of nitrogens with zero attached hydrogens (tertiary/aromatic N) is 1. The van der Waals surface area contributed by atoms with E-state index in [1.54, 1.807) is 6.92 Å². The molecule has 1 aromatic heterocycles. The van der Waals surface area contributed by atoms with Crippen LogP contribution in [-0.4, -0.2) is 10.9 Å². The molecule has 2 aromatic rings. The van der Waals surface area contributed by atoms with Gasteiger partial charge in [0.1, 0.15) is 5.69 Å². The average Bonchev–Trinajstić information content (AvgIpc) is 2.41. The van der Waals surface area contributed by atoms with Crippen LogP contribution in [0, 0.1) is 17.6 Å². The lowest BCUT2D eigenvalue weighted by Gasteiger charge is -2.14. The number of halogens is 3. The predicted octanol–water partition coefficient (Wildman–Crippen LogP) is 2.99. The van der Waals surface area contributed by atoms with E-state index in [4.69, 9.17) is 0 Å². The predicted molar refractivity (Wildman–Crippen MR) is 66.4 cm³/mol. The van der Waals surface area contributed by atoms with E-state index in [0.29, 0.717) is 5.56 Å². The highest BCUT2D eigenvalue weighted by molar-refractivity contribution is 5.92. The van der Waals surface area contributed by atoms with Crippen molar-refractivity contribution in [1.29, 1.82) is 0 Å². The molecule has 0 spiro atoms. The fourth-order valence-electron chi connectivity index (χ4n) is 1.67. The van der Waals surface area contributed by atoms with E-state index in [9.17, 15) is 18.0 Å². The Kier molecular flexibility index (Phi) is 4.02. The number of hydrogen-bond acceptors (Lipinski definition) is 2. The van der Waals surface area contributed by atoms with Crippen molar-refractivity contribution >= 4 is 5.91 Å². The first-order chi connectivity index (χ1) is 9.47. The molecule has 0 aliphatic heterocycles. The highest BCUT2D eigenvalue weighted by atomic mass is 19.2. The minimum Gasteiger partial charge on any atom is -0.344 e. The number of carbonyl (C=O) groups is 1. The van der Waals surface area contributed by atoms with Gasteiger partial charge in [0.2, 0.25) is 5.95 Å². The monoisotopic (exact) mass is 280 g/mol. The molecule has 3 nitrogen and oxygen atoms in total. The van der Waals surface area contributed by atoms with Crippen molar-refractivity contribution in [3.05, 3.63) is 65.2 Å². The number of hydrogen-bond donors (Lipinski definition) is 1. The molecule has 1 amide bonds. The molecule has 104 valence electrons. The molecule has 1 atom stereocenters. The van der Waals surface area contributed by atoms with Gasteiger partial charge in [0.05, 0.1) is 6.04 Å². The van der Waals surface area contributed by atoms with E-state index in [0.717, 1.165) is 18.2 Å².